The lowest BCUT2D eigenvalue weighted by atomic mass is 9.94. The van der Waals surface area contributed by atoms with Gasteiger partial charge in [0.2, 0.25) is 0 Å². The molecule has 16 heavy (non-hydrogen) atoms. The van der Waals surface area contributed by atoms with Crippen LogP contribution in [0.1, 0.15) is 47.5 Å². The Morgan fingerprint density at radius 2 is 1.69 bits per heavy atom. The number of rotatable bonds is 2. The van der Waals surface area contributed by atoms with Crippen LogP contribution in [0.25, 0.3) is 0 Å². The minimum atomic E-state index is -1.27. The van der Waals surface area contributed by atoms with E-state index in [4.69, 9.17) is 0 Å². The van der Waals surface area contributed by atoms with Crippen LogP contribution in [-0.2, 0) is 4.79 Å². The highest BCUT2D eigenvalue weighted by Gasteiger charge is 2.49. The lowest BCUT2D eigenvalue weighted by Gasteiger charge is -2.44. The molecule has 0 radical (unpaired) electrons. The van der Waals surface area contributed by atoms with Crippen molar-refractivity contribution in [3.8, 4) is 0 Å². The number of hydrogen-bond donors (Lipinski definition) is 0. The second-order valence-corrected chi connectivity index (χ2v) is 12.9. The van der Waals surface area contributed by atoms with Crippen molar-refractivity contribution in [1.29, 1.82) is 0 Å². The normalized spacial score (nSPS) is 31.8. The molecular weight excluding hydrogens is 212 g/mol. The number of hydrogen-bond acceptors (Lipinski definition) is 1. The number of Topliss-reactive ketones (excluding diaryl/α,β-unsaturated/α-hetero) is 1. The van der Waals surface area contributed by atoms with E-state index in [1.54, 1.807) is 6.92 Å². The lowest BCUT2D eigenvalue weighted by Crippen LogP contribution is -2.43. The SMILES string of the molecule is CC(=O)[C@@H]1CC[C@H]([Si](C)(C)C(C)(C)C)[C@H]1C. The molecule has 1 aliphatic rings. The summed E-state index contributed by atoms with van der Waals surface area (Å²) in [6, 6.07) is 0. The average Bonchev–Trinajstić information content (AvgIpc) is 2.44. The van der Waals surface area contributed by atoms with Gasteiger partial charge in [-0.1, -0.05) is 47.2 Å². The van der Waals surface area contributed by atoms with E-state index in [2.05, 4.69) is 40.8 Å². The Morgan fingerprint density at radius 3 is 2.00 bits per heavy atom. The number of carbonyl (C=O) groups excluding carboxylic acids is 1. The summed E-state index contributed by atoms with van der Waals surface area (Å²) in [5, 5.41) is 0.442. The molecule has 0 heterocycles. The van der Waals surface area contributed by atoms with Crippen LogP contribution in [0.4, 0.5) is 0 Å². The Balaban J connectivity index is 2.89. The molecule has 2 heteroatoms. The molecule has 1 aliphatic carbocycles. The van der Waals surface area contributed by atoms with Crippen LogP contribution in [0, 0.1) is 11.8 Å². The highest BCUT2D eigenvalue weighted by molar-refractivity contribution is 6.81. The van der Waals surface area contributed by atoms with E-state index in [9.17, 15) is 4.79 Å². The summed E-state index contributed by atoms with van der Waals surface area (Å²) in [5.41, 5.74) is 0.821. The first-order valence-corrected chi connectivity index (χ1v) is 9.67. The summed E-state index contributed by atoms with van der Waals surface area (Å²) in [4.78, 5) is 11.6. The molecule has 3 atom stereocenters. The summed E-state index contributed by atoms with van der Waals surface area (Å²) >= 11 is 0. The average molecular weight is 240 g/mol. The van der Waals surface area contributed by atoms with E-state index >= 15 is 0 Å². The van der Waals surface area contributed by atoms with Gasteiger partial charge in [-0.15, -0.1) is 0 Å². The van der Waals surface area contributed by atoms with Crippen molar-refractivity contribution in [2.75, 3.05) is 0 Å². The molecule has 0 unspecified atom stereocenters. The molecule has 0 spiro atoms. The van der Waals surface area contributed by atoms with Gasteiger partial charge in [-0.2, -0.15) is 0 Å². The molecule has 1 nitrogen and oxygen atoms in total. The second kappa shape index (κ2) is 4.28. The van der Waals surface area contributed by atoms with Crippen LogP contribution in [0.2, 0.25) is 23.7 Å². The van der Waals surface area contributed by atoms with Gasteiger partial charge >= 0.3 is 0 Å². The Bertz CT molecular complexity index is 275. The standard InChI is InChI=1S/C14H28OSi/c1-10-12(11(2)15)8-9-13(10)16(6,7)14(3,4)5/h10,12-13H,8-9H2,1-7H3/t10-,12+,13-/m0/s1. The first-order valence-electron chi connectivity index (χ1n) is 6.59. The fourth-order valence-corrected chi connectivity index (χ4v) is 6.86. The molecule has 1 saturated carbocycles. The van der Waals surface area contributed by atoms with Gasteiger partial charge in [0, 0.05) is 5.92 Å². The zero-order valence-corrected chi connectivity index (χ0v) is 13.1. The molecule has 0 bridgehead atoms. The van der Waals surface area contributed by atoms with Gasteiger partial charge in [-0.3, -0.25) is 4.79 Å². The smallest absolute Gasteiger partial charge is 0.133 e. The second-order valence-electron chi connectivity index (χ2n) is 7.23. The van der Waals surface area contributed by atoms with Gasteiger partial charge in [0.1, 0.15) is 5.78 Å². The fourth-order valence-electron chi connectivity index (χ4n) is 3.31. The van der Waals surface area contributed by atoms with Crippen molar-refractivity contribution in [3.05, 3.63) is 0 Å². The third-order valence-electron chi connectivity index (χ3n) is 5.44. The number of carbonyl (C=O) groups is 1. The zero-order chi connectivity index (χ0) is 12.7. The summed E-state index contributed by atoms with van der Waals surface area (Å²) in [6.07, 6.45) is 2.41. The molecule has 0 aromatic carbocycles. The monoisotopic (exact) mass is 240 g/mol. The summed E-state index contributed by atoms with van der Waals surface area (Å²) < 4.78 is 0. The van der Waals surface area contributed by atoms with Crippen molar-refractivity contribution < 1.29 is 4.79 Å². The molecule has 94 valence electrons. The van der Waals surface area contributed by atoms with Crippen molar-refractivity contribution >= 4 is 13.9 Å². The van der Waals surface area contributed by atoms with Gasteiger partial charge in [-0.05, 0) is 29.8 Å². The largest absolute Gasteiger partial charge is 0.300 e. The van der Waals surface area contributed by atoms with Crippen molar-refractivity contribution in [2.45, 2.75) is 71.1 Å². The van der Waals surface area contributed by atoms with E-state index in [0.29, 0.717) is 22.7 Å². The third-order valence-corrected chi connectivity index (χ3v) is 12.0. The van der Waals surface area contributed by atoms with Gasteiger partial charge in [0.15, 0.2) is 0 Å². The number of ketones is 1. The quantitative estimate of drug-likeness (QED) is 0.650. The fraction of sp³-hybridized carbons (Fsp3) is 0.929. The maximum Gasteiger partial charge on any atom is 0.133 e. The Labute approximate surface area is 102 Å². The van der Waals surface area contributed by atoms with E-state index in [0.717, 1.165) is 12.0 Å². The minimum Gasteiger partial charge on any atom is -0.300 e. The Hall–Kier alpha value is -0.113. The van der Waals surface area contributed by atoms with Gasteiger partial charge in [0.05, 0.1) is 8.07 Å². The van der Waals surface area contributed by atoms with E-state index in [1.807, 2.05) is 0 Å². The van der Waals surface area contributed by atoms with Gasteiger partial charge in [0.25, 0.3) is 0 Å². The first kappa shape index (κ1) is 13.9. The van der Waals surface area contributed by atoms with E-state index in [-0.39, 0.29) is 0 Å². The predicted octanol–water partition coefficient (Wildman–Crippen LogP) is 4.50. The Kier molecular flexibility index (Phi) is 3.74. The molecule has 0 aliphatic heterocycles. The maximum absolute atomic E-state index is 11.6. The van der Waals surface area contributed by atoms with Crippen LogP contribution in [0.15, 0.2) is 0 Å². The molecule has 0 saturated heterocycles. The topological polar surface area (TPSA) is 17.1 Å². The van der Waals surface area contributed by atoms with Crippen molar-refractivity contribution in [1.82, 2.24) is 0 Å². The summed E-state index contributed by atoms with van der Waals surface area (Å²) in [6.45, 7) is 16.2. The van der Waals surface area contributed by atoms with Crippen molar-refractivity contribution in [3.63, 3.8) is 0 Å². The van der Waals surface area contributed by atoms with Crippen LogP contribution in [0.3, 0.4) is 0 Å². The summed E-state index contributed by atoms with van der Waals surface area (Å²) in [7, 11) is -1.27. The van der Waals surface area contributed by atoms with Crippen LogP contribution < -0.4 is 0 Å². The molecule has 0 aromatic heterocycles. The van der Waals surface area contributed by atoms with Gasteiger partial charge in [-0.25, -0.2) is 0 Å². The van der Waals surface area contributed by atoms with Crippen molar-refractivity contribution in [2.24, 2.45) is 11.8 Å². The van der Waals surface area contributed by atoms with E-state index < -0.39 is 8.07 Å². The summed E-state index contributed by atoms with van der Waals surface area (Å²) in [5.74, 6) is 1.37. The lowest BCUT2D eigenvalue weighted by molar-refractivity contribution is -0.121. The molecule has 1 fully saturated rings. The van der Waals surface area contributed by atoms with Gasteiger partial charge < -0.3 is 0 Å². The predicted molar refractivity (Wildman–Crippen MR) is 73.5 cm³/mol. The molecule has 1 rings (SSSR count). The minimum absolute atomic E-state index is 0.346. The van der Waals surface area contributed by atoms with Crippen LogP contribution >= 0.6 is 0 Å². The highest BCUT2D eigenvalue weighted by atomic mass is 28.3. The molecule has 0 amide bonds. The zero-order valence-electron chi connectivity index (χ0n) is 12.1. The molecule has 0 aromatic rings. The molecular formula is C14H28OSi. The highest BCUT2D eigenvalue weighted by Crippen LogP contribution is 2.54. The third kappa shape index (κ3) is 2.27. The van der Waals surface area contributed by atoms with E-state index in [1.165, 1.54) is 6.42 Å². The first-order chi connectivity index (χ1) is 7.09. The molecule has 0 N–H and O–H groups in total. The Morgan fingerprint density at radius 1 is 1.19 bits per heavy atom. The maximum atomic E-state index is 11.6. The van der Waals surface area contributed by atoms with Crippen LogP contribution in [-0.4, -0.2) is 13.9 Å². The van der Waals surface area contributed by atoms with Crippen LogP contribution in [0.5, 0.6) is 0 Å².